The predicted molar refractivity (Wildman–Crippen MR) is 40.4 cm³/mol. The second kappa shape index (κ2) is 3.21. The first kappa shape index (κ1) is 8.96. The van der Waals surface area contributed by atoms with E-state index in [1.807, 2.05) is 6.92 Å². The van der Waals surface area contributed by atoms with Gasteiger partial charge in [0.25, 0.3) is 0 Å². The van der Waals surface area contributed by atoms with Crippen LogP contribution in [0.25, 0.3) is 0 Å². The summed E-state index contributed by atoms with van der Waals surface area (Å²) in [7, 11) is 0. The standard InChI is InChI=1S/C8H18O/c1-7(9)5-6-8(2,3)4/h7,9H,5-6H2,1-4H3/t7-/m0/s1. The maximum atomic E-state index is 8.92. The van der Waals surface area contributed by atoms with Gasteiger partial charge in [0.2, 0.25) is 0 Å². The summed E-state index contributed by atoms with van der Waals surface area (Å²) in [6.45, 7) is 8.41. The van der Waals surface area contributed by atoms with Crippen molar-refractivity contribution in [2.45, 2.75) is 46.6 Å². The molecule has 0 saturated heterocycles. The number of aliphatic hydroxyl groups excluding tert-OH is 1. The van der Waals surface area contributed by atoms with Crippen molar-refractivity contribution in [1.29, 1.82) is 0 Å². The molecule has 0 aromatic heterocycles. The summed E-state index contributed by atoms with van der Waals surface area (Å²) in [4.78, 5) is 0. The van der Waals surface area contributed by atoms with Crippen LogP contribution in [-0.4, -0.2) is 11.2 Å². The lowest BCUT2D eigenvalue weighted by atomic mass is 9.89. The molecule has 0 unspecified atom stereocenters. The average molecular weight is 130 g/mol. The van der Waals surface area contributed by atoms with Gasteiger partial charge in [0.1, 0.15) is 0 Å². The van der Waals surface area contributed by atoms with E-state index in [0.29, 0.717) is 5.41 Å². The van der Waals surface area contributed by atoms with E-state index in [0.717, 1.165) is 12.8 Å². The van der Waals surface area contributed by atoms with E-state index in [-0.39, 0.29) is 6.10 Å². The molecule has 0 heterocycles. The normalized spacial score (nSPS) is 15.7. The number of rotatable bonds is 2. The van der Waals surface area contributed by atoms with Crippen molar-refractivity contribution in [3.63, 3.8) is 0 Å². The highest BCUT2D eigenvalue weighted by Gasteiger charge is 2.10. The summed E-state index contributed by atoms with van der Waals surface area (Å²) in [5.74, 6) is 0. The van der Waals surface area contributed by atoms with Crippen LogP contribution >= 0.6 is 0 Å². The van der Waals surface area contributed by atoms with Crippen molar-refractivity contribution in [3.8, 4) is 0 Å². The van der Waals surface area contributed by atoms with Crippen molar-refractivity contribution in [2.75, 3.05) is 0 Å². The van der Waals surface area contributed by atoms with Gasteiger partial charge in [-0.05, 0) is 25.2 Å². The number of aliphatic hydroxyl groups is 1. The van der Waals surface area contributed by atoms with Crippen molar-refractivity contribution < 1.29 is 5.11 Å². The third-order valence-electron chi connectivity index (χ3n) is 1.31. The second-order valence-electron chi connectivity index (χ2n) is 3.95. The van der Waals surface area contributed by atoms with E-state index in [1.54, 1.807) is 0 Å². The number of hydrogen-bond acceptors (Lipinski definition) is 1. The lowest BCUT2D eigenvalue weighted by Crippen LogP contribution is -2.09. The highest BCUT2D eigenvalue weighted by molar-refractivity contribution is 4.62. The Balaban J connectivity index is 3.28. The van der Waals surface area contributed by atoms with Crippen molar-refractivity contribution >= 4 is 0 Å². The molecule has 1 atom stereocenters. The molecule has 1 nitrogen and oxygen atoms in total. The Morgan fingerprint density at radius 1 is 1.33 bits per heavy atom. The van der Waals surface area contributed by atoms with Crippen LogP contribution in [0, 0.1) is 5.41 Å². The van der Waals surface area contributed by atoms with Crippen LogP contribution in [0.5, 0.6) is 0 Å². The Morgan fingerprint density at radius 3 is 1.89 bits per heavy atom. The molecule has 9 heavy (non-hydrogen) atoms. The fraction of sp³-hybridized carbons (Fsp3) is 1.00. The maximum absolute atomic E-state index is 8.92. The zero-order chi connectivity index (χ0) is 7.49. The van der Waals surface area contributed by atoms with Crippen LogP contribution in [0.2, 0.25) is 0 Å². The smallest absolute Gasteiger partial charge is 0.0512 e. The Bertz CT molecular complexity index is 69.1. The predicted octanol–water partition coefficient (Wildman–Crippen LogP) is 2.19. The lowest BCUT2D eigenvalue weighted by Gasteiger charge is -2.18. The summed E-state index contributed by atoms with van der Waals surface area (Å²) in [5, 5.41) is 8.92. The van der Waals surface area contributed by atoms with Crippen LogP contribution < -0.4 is 0 Å². The molecule has 0 aliphatic carbocycles. The van der Waals surface area contributed by atoms with Gasteiger partial charge in [-0.25, -0.2) is 0 Å². The van der Waals surface area contributed by atoms with E-state index >= 15 is 0 Å². The van der Waals surface area contributed by atoms with Gasteiger partial charge in [-0.1, -0.05) is 20.8 Å². The van der Waals surface area contributed by atoms with Gasteiger partial charge < -0.3 is 5.11 Å². The third-order valence-corrected chi connectivity index (χ3v) is 1.31. The summed E-state index contributed by atoms with van der Waals surface area (Å²) >= 11 is 0. The molecule has 0 fully saturated rings. The van der Waals surface area contributed by atoms with Crippen molar-refractivity contribution in [1.82, 2.24) is 0 Å². The number of hydrogen-bond donors (Lipinski definition) is 1. The first-order chi connectivity index (χ1) is 3.92. The highest BCUT2D eigenvalue weighted by atomic mass is 16.3. The zero-order valence-corrected chi connectivity index (χ0v) is 6.94. The van der Waals surface area contributed by atoms with Gasteiger partial charge in [0, 0.05) is 0 Å². The molecule has 0 bridgehead atoms. The summed E-state index contributed by atoms with van der Waals surface area (Å²) in [5.41, 5.74) is 0.372. The summed E-state index contributed by atoms with van der Waals surface area (Å²) < 4.78 is 0. The molecule has 56 valence electrons. The summed E-state index contributed by atoms with van der Waals surface area (Å²) in [6.07, 6.45) is 1.89. The fourth-order valence-corrected chi connectivity index (χ4v) is 0.642. The molecule has 0 spiro atoms. The monoisotopic (exact) mass is 130 g/mol. The second-order valence-corrected chi connectivity index (χ2v) is 3.95. The molecule has 0 amide bonds. The minimum atomic E-state index is -0.135. The molecule has 1 N–H and O–H groups in total. The first-order valence-corrected chi connectivity index (χ1v) is 3.60. The van der Waals surface area contributed by atoms with E-state index in [2.05, 4.69) is 20.8 Å². The van der Waals surface area contributed by atoms with Crippen LogP contribution in [0.1, 0.15) is 40.5 Å². The van der Waals surface area contributed by atoms with Crippen LogP contribution in [0.4, 0.5) is 0 Å². The molecule has 0 aromatic rings. The highest BCUT2D eigenvalue weighted by Crippen LogP contribution is 2.21. The molecular formula is C8H18O. The zero-order valence-electron chi connectivity index (χ0n) is 6.94. The third kappa shape index (κ3) is 7.96. The minimum absolute atomic E-state index is 0.135. The van der Waals surface area contributed by atoms with E-state index in [1.165, 1.54) is 0 Å². The Labute approximate surface area is 58.1 Å². The molecule has 0 aromatic carbocycles. The molecule has 0 saturated carbocycles. The minimum Gasteiger partial charge on any atom is -0.393 e. The fourth-order valence-electron chi connectivity index (χ4n) is 0.642. The molecule has 0 radical (unpaired) electrons. The van der Waals surface area contributed by atoms with Gasteiger partial charge in [-0.2, -0.15) is 0 Å². The topological polar surface area (TPSA) is 20.2 Å². The summed E-state index contributed by atoms with van der Waals surface area (Å²) in [6, 6.07) is 0. The quantitative estimate of drug-likeness (QED) is 0.607. The maximum Gasteiger partial charge on any atom is 0.0512 e. The van der Waals surface area contributed by atoms with Crippen LogP contribution in [0.3, 0.4) is 0 Å². The Hall–Kier alpha value is -0.0400. The van der Waals surface area contributed by atoms with E-state index < -0.39 is 0 Å². The van der Waals surface area contributed by atoms with Gasteiger partial charge in [0.15, 0.2) is 0 Å². The SMILES string of the molecule is C[C@H](O)CCC(C)(C)C. The van der Waals surface area contributed by atoms with Gasteiger partial charge in [-0.15, -0.1) is 0 Å². The molecule has 0 aliphatic rings. The van der Waals surface area contributed by atoms with Crippen molar-refractivity contribution in [2.24, 2.45) is 5.41 Å². The molecule has 1 heteroatoms. The van der Waals surface area contributed by atoms with Gasteiger partial charge >= 0.3 is 0 Å². The molecule has 0 aliphatic heterocycles. The van der Waals surface area contributed by atoms with Gasteiger partial charge in [-0.3, -0.25) is 0 Å². The first-order valence-electron chi connectivity index (χ1n) is 3.60. The van der Waals surface area contributed by atoms with Crippen LogP contribution in [0.15, 0.2) is 0 Å². The van der Waals surface area contributed by atoms with Crippen LogP contribution in [-0.2, 0) is 0 Å². The van der Waals surface area contributed by atoms with Crippen molar-refractivity contribution in [3.05, 3.63) is 0 Å². The largest absolute Gasteiger partial charge is 0.393 e. The Kier molecular flexibility index (Phi) is 3.20. The van der Waals surface area contributed by atoms with E-state index in [4.69, 9.17) is 5.11 Å². The average Bonchev–Trinajstić information content (AvgIpc) is 1.59. The van der Waals surface area contributed by atoms with Gasteiger partial charge in [0.05, 0.1) is 6.10 Å². The molecular weight excluding hydrogens is 112 g/mol. The molecule has 0 rings (SSSR count). The lowest BCUT2D eigenvalue weighted by molar-refractivity contribution is 0.163. The Morgan fingerprint density at radius 2 is 1.78 bits per heavy atom. The van der Waals surface area contributed by atoms with E-state index in [9.17, 15) is 0 Å².